The van der Waals surface area contributed by atoms with Crippen molar-refractivity contribution in [3.63, 3.8) is 0 Å². The zero-order valence-electron chi connectivity index (χ0n) is 9.45. The van der Waals surface area contributed by atoms with Gasteiger partial charge in [-0.15, -0.1) is 0 Å². The number of hydrogen-bond donors (Lipinski definition) is 1. The summed E-state index contributed by atoms with van der Waals surface area (Å²) in [5, 5.41) is 10.0. The molecule has 2 rings (SSSR count). The van der Waals surface area contributed by atoms with Crippen LogP contribution in [0.2, 0.25) is 0 Å². The Morgan fingerprint density at radius 2 is 1.64 bits per heavy atom. The normalized spacial score (nSPS) is 43.7. The average Bonchev–Trinajstić information content (AvgIpc) is 2.48. The van der Waals surface area contributed by atoms with Crippen molar-refractivity contribution in [2.75, 3.05) is 14.1 Å². The van der Waals surface area contributed by atoms with E-state index in [9.17, 15) is 5.11 Å². The summed E-state index contributed by atoms with van der Waals surface area (Å²) in [5.74, 6) is 1.37. The fraction of sp³-hybridized carbons (Fsp3) is 1.00. The highest BCUT2D eigenvalue weighted by Gasteiger charge is 2.41. The number of aliphatic hydroxyl groups is 1. The van der Waals surface area contributed by atoms with E-state index in [-0.39, 0.29) is 6.10 Å². The largest absolute Gasteiger partial charge is 0.393 e. The second-order valence-electron chi connectivity index (χ2n) is 5.29. The highest BCUT2D eigenvalue weighted by Crippen LogP contribution is 2.42. The van der Waals surface area contributed by atoms with Crippen LogP contribution in [-0.2, 0) is 0 Å². The summed E-state index contributed by atoms with van der Waals surface area (Å²) < 4.78 is 0. The Bertz CT molecular complexity index is 193. The van der Waals surface area contributed by atoms with E-state index in [0.29, 0.717) is 5.92 Å². The van der Waals surface area contributed by atoms with Crippen LogP contribution in [0.4, 0.5) is 0 Å². The van der Waals surface area contributed by atoms with Crippen LogP contribution < -0.4 is 0 Å². The molecule has 2 aliphatic carbocycles. The van der Waals surface area contributed by atoms with Crippen LogP contribution in [0.15, 0.2) is 0 Å². The molecular weight excluding hydrogens is 174 g/mol. The van der Waals surface area contributed by atoms with Crippen molar-refractivity contribution in [3.8, 4) is 0 Å². The predicted octanol–water partition coefficient (Wildman–Crippen LogP) is 1.88. The summed E-state index contributed by atoms with van der Waals surface area (Å²) in [6.07, 6.45) is 7.46. The number of rotatable bonds is 1. The average molecular weight is 197 g/mol. The van der Waals surface area contributed by atoms with Gasteiger partial charge in [-0.1, -0.05) is 12.8 Å². The van der Waals surface area contributed by atoms with E-state index >= 15 is 0 Å². The molecule has 2 nitrogen and oxygen atoms in total. The van der Waals surface area contributed by atoms with Gasteiger partial charge in [0.2, 0.25) is 0 Å². The smallest absolute Gasteiger partial charge is 0.0571 e. The Morgan fingerprint density at radius 3 is 2.36 bits per heavy atom. The molecule has 2 aliphatic rings. The molecule has 4 atom stereocenters. The molecule has 0 spiro atoms. The summed E-state index contributed by atoms with van der Waals surface area (Å²) in [6, 6.07) is 0.729. The van der Waals surface area contributed by atoms with Crippen LogP contribution >= 0.6 is 0 Å². The molecule has 0 saturated heterocycles. The molecule has 0 aromatic carbocycles. The molecule has 1 N–H and O–H groups in total. The number of hydrogen-bond acceptors (Lipinski definition) is 2. The highest BCUT2D eigenvalue weighted by atomic mass is 16.3. The SMILES string of the molecule is CN(C)[C@@H]1CC[C@H]2[C@@H]1CCCC[C@@H]2O. The van der Waals surface area contributed by atoms with Crippen molar-refractivity contribution in [2.24, 2.45) is 11.8 Å². The van der Waals surface area contributed by atoms with Gasteiger partial charge in [0.15, 0.2) is 0 Å². The van der Waals surface area contributed by atoms with Gasteiger partial charge in [0.1, 0.15) is 0 Å². The lowest BCUT2D eigenvalue weighted by atomic mass is 9.87. The van der Waals surface area contributed by atoms with Gasteiger partial charge in [0.25, 0.3) is 0 Å². The van der Waals surface area contributed by atoms with Crippen molar-refractivity contribution in [1.82, 2.24) is 4.90 Å². The molecule has 14 heavy (non-hydrogen) atoms. The first kappa shape index (κ1) is 10.4. The lowest BCUT2D eigenvalue weighted by molar-refractivity contribution is 0.0742. The molecule has 0 heterocycles. The van der Waals surface area contributed by atoms with E-state index < -0.39 is 0 Å². The van der Waals surface area contributed by atoms with Crippen LogP contribution in [-0.4, -0.2) is 36.2 Å². The zero-order valence-corrected chi connectivity index (χ0v) is 9.45. The Morgan fingerprint density at radius 1 is 0.929 bits per heavy atom. The van der Waals surface area contributed by atoms with Crippen molar-refractivity contribution in [3.05, 3.63) is 0 Å². The van der Waals surface area contributed by atoms with Gasteiger partial charge in [-0.05, 0) is 51.6 Å². The standard InChI is InChI=1S/C12H23NO/c1-13(2)11-8-7-10-9(11)5-3-4-6-12(10)14/h9-12,14H,3-8H2,1-2H3/t9-,10-,11+,12-/m0/s1. The zero-order chi connectivity index (χ0) is 10.1. The second kappa shape index (κ2) is 4.19. The van der Waals surface area contributed by atoms with Gasteiger partial charge < -0.3 is 10.0 Å². The topological polar surface area (TPSA) is 23.5 Å². The van der Waals surface area contributed by atoms with Crippen molar-refractivity contribution < 1.29 is 5.11 Å². The Balaban J connectivity index is 2.08. The van der Waals surface area contributed by atoms with Crippen molar-refractivity contribution >= 4 is 0 Å². The Hall–Kier alpha value is -0.0800. The molecule has 0 aromatic heterocycles. The predicted molar refractivity (Wildman–Crippen MR) is 58.2 cm³/mol. The Labute approximate surface area is 87.3 Å². The van der Waals surface area contributed by atoms with Crippen LogP contribution in [0.3, 0.4) is 0 Å². The van der Waals surface area contributed by atoms with Gasteiger partial charge in [0.05, 0.1) is 6.10 Å². The quantitative estimate of drug-likeness (QED) is 0.694. The van der Waals surface area contributed by atoms with E-state index in [0.717, 1.165) is 18.4 Å². The first-order valence-electron chi connectivity index (χ1n) is 6.04. The van der Waals surface area contributed by atoms with E-state index in [1.807, 2.05) is 0 Å². The van der Waals surface area contributed by atoms with Crippen LogP contribution in [0.5, 0.6) is 0 Å². The number of aliphatic hydroxyl groups excluding tert-OH is 1. The molecule has 0 aliphatic heterocycles. The molecule has 2 saturated carbocycles. The maximum atomic E-state index is 10.0. The number of nitrogens with zero attached hydrogens (tertiary/aromatic N) is 1. The van der Waals surface area contributed by atoms with Crippen LogP contribution in [0.1, 0.15) is 38.5 Å². The minimum Gasteiger partial charge on any atom is -0.393 e. The minimum atomic E-state index is -0.00699. The highest BCUT2D eigenvalue weighted by molar-refractivity contribution is 4.93. The first-order valence-corrected chi connectivity index (χ1v) is 6.04. The summed E-state index contributed by atoms with van der Waals surface area (Å²) in [5.41, 5.74) is 0. The summed E-state index contributed by atoms with van der Waals surface area (Å²) in [4.78, 5) is 2.36. The van der Waals surface area contributed by atoms with E-state index in [2.05, 4.69) is 19.0 Å². The maximum absolute atomic E-state index is 10.0. The van der Waals surface area contributed by atoms with Crippen LogP contribution in [0, 0.1) is 11.8 Å². The van der Waals surface area contributed by atoms with E-state index in [1.165, 1.54) is 32.1 Å². The molecule has 0 unspecified atom stereocenters. The third-order valence-electron chi connectivity index (χ3n) is 4.28. The van der Waals surface area contributed by atoms with E-state index in [4.69, 9.17) is 0 Å². The minimum absolute atomic E-state index is 0.00699. The fourth-order valence-electron chi connectivity index (χ4n) is 3.55. The maximum Gasteiger partial charge on any atom is 0.0571 e. The summed E-state index contributed by atoms with van der Waals surface area (Å²) in [6.45, 7) is 0. The van der Waals surface area contributed by atoms with Crippen LogP contribution in [0.25, 0.3) is 0 Å². The third kappa shape index (κ3) is 1.82. The summed E-state index contributed by atoms with van der Waals surface area (Å²) >= 11 is 0. The number of fused-ring (bicyclic) bond motifs is 1. The van der Waals surface area contributed by atoms with Crippen molar-refractivity contribution in [1.29, 1.82) is 0 Å². The molecule has 82 valence electrons. The molecular formula is C12H23NO. The lowest BCUT2D eigenvalue weighted by Crippen LogP contribution is -2.35. The second-order valence-corrected chi connectivity index (χ2v) is 5.29. The van der Waals surface area contributed by atoms with E-state index in [1.54, 1.807) is 0 Å². The third-order valence-corrected chi connectivity index (χ3v) is 4.28. The molecule has 0 amide bonds. The van der Waals surface area contributed by atoms with Gasteiger partial charge >= 0.3 is 0 Å². The van der Waals surface area contributed by atoms with Gasteiger partial charge in [-0.25, -0.2) is 0 Å². The fourth-order valence-corrected chi connectivity index (χ4v) is 3.55. The summed E-state index contributed by atoms with van der Waals surface area (Å²) in [7, 11) is 4.37. The molecule has 2 heteroatoms. The molecule has 0 aromatic rings. The molecule has 2 fully saturated rings. The Kier molecular flexibility index (Phi) is 3.13. The monoisotopic (exact) mass is 197 g/mol. The molecule has 0 radical (unpaired) electrons. The first-order chi connectivity index (χ1) is 6.70. The van der Waals surface area contributed by atoms with Gasteiger partial charge in [0, 0.05) is 6.04 Å². The van der Waals surface area contributed by atoms with Gasteiger partial charge in [-0.3, -0.25) is 0 Å². The van der Waals surface area contributed by atoms with Gasteiger partial charge in [-0.2, -0.15) is 0 Å². The van der Waals surface area contributed by atoms with Crippen molar-refractivity contribution in [2.45, 2.75) is 50.7 Å². The lowest BCUT2D eigenvalue weighted by Gasteiger charge is -2.29. The molecule has 0 bridgehead atoms.